The molecule has 1 N–H and O–H groups in total. The molecule has 0 bridgehead atoms. The minimum atomic E-state index is 0.302. The second-order valence-corrected chi connectivity index (χ2v) is 7.52. The van der Waals surface area contributed by atoms with E-state index in [9.17, 15) is 4.79 Å². The Morgan fingerprint density at radius 2 is 1.67 bits per heavy atom. The van der Waals surface area contributed by atoms with Gasteiger partial charge in [0.1, 0.15) is 0 Å². The maximum Gasteiger partial charge on any atom is 0.220 e. The van der Waals surface area contributed by atoms with E-state index in [1.165, 1.54) is 57.8 Å². The van der Waals surface area contributed by atoms with Crippen LogP contribution in [-0.2, 0) is 4.79 Å². The highest BCUT2D eigenvalue weighted by Gasteiger charge is 2.27. The standard InChI is InChI=1S/C18H34N2O/c1-20(2)14-16-10-6-7-11-17(16)19-18(21)13-12-15-8-4-3-5-9-15/h15-17H,3-14H2,1-2H3,(H,19,21). The zero-order valence-corrected chi connectivity index (χ0v) is 14.1. The molecule has 0 radical (unpaired) electrons. The number of nitrogens with zero attached hydrogens (tertiary/aromatic N) is 1. The van der Waals surface area contributed by atoms with Crippen LogP contribution in [0.25, 0.3) is 0 Å². The lowest BCUT2D eigenvalue weighted by molar-refractivity contribution is -0.122. The molecule has 0 aromatic heterocycles. The van der Waals surface area contributed by atoms with E-state index in [1.54, 1.807) is 0 Å². The summed E-state index contributed by atoms with van der Waals surface area (Å²) >= 11 is 0. The zero-order valence-electron chi connectivity index (χ0n) is 14.1. The molecular weight excluding hydrogens is 260 g/mol. The average Bonchev–Trinajstić information content (AvgIpc) is 2.48. The maximum atomic E-state index is 12.3. The van der Waals surface area contributed by atoms with E-state index in [-0.39, 0.29) is 0 Å². The van der Waals surface area contributed by atoms with Gasteiger partial charge in [0.05, 0.1) is 0 Å². The molecule has 0 aromatic rings. The van der Waals surface area contributed by atoms with E-state index in [2.05, 4.69) is 24.3 Å². The van der Waals surface area contributed by atoms with Gasteiger partial charge in [-0.3, -0.25) is 4.79 Å². The van der Waals surface area contributed by atoms with Gasteiger partial charge in [0, 0.05) is 19.0 Å². The first-order chi connectivity index (χ1) is 10.1. The molecule has 2 saturated carbocycles. The average molecular weight is 294 g/mol. The van der Waals surface area contributed by atoms with Crippen molar-refractivity contribution >= 4 is 5.91 Å². The van der Waals surface area contributed by atoms with Crippen LogP contribution in [0, 0.1) is 11.8 Å². The Balaban J connectivity index is 1.71. The van der Waals surface area contributed by atoms with Crippen molar-refractivity contribution in [1.82, 2.24) is 10.2 Å². The minimum Gasteiger partial charge on any atom is -0.353 e. The summed E-state index contributed by atoms with van der Waals surface area (Å²) in [7, 11) is 4.27. The number of hydrogen-bond acceptors (Lipinski definition) is 2. The molecule has 1 amide bonds. The second-order valence-electron chi connectivity index (χ2n) is 7.52. The fourth-order valence-electron chi connectivity index (χ4n) is 4.18. The first kappa shape index (κ1) is 16.8. The predicted molar refractivity (Wildman–Crippen MR) is 88.3 cm³/mol. The van der Waals surface area contributed by atoms with Crippen LogP contribution in [0.1, 0.15) is 70.6 Å². The molecule has 2 rings (SSSR count). The minimum absolute atomic E-state index is 0.302. The Hall–Kier alpha value is -0.570. The number of carbonyl (C=O) groups is 1. The smallest absolute Gasteiger partial charge is 0.220 e. The first-order valence-corrected chi connectivity index (χ1v) is 9.09. The van der Waals surface area contributed by atoms with E-state index in [0.717, 1.165) is 25.3 Å². The van der Waals surface area contributed by atoms with Gasteiger partial charge < -0.3 is 10.2 Å². The van der Waals surface area contributed by atoms with Gasteiger partial charge in [-0.05, 0) is 45.2 Å². The number of rotatable bonds is 6. The van der Waals surface area contributed by atoms with Crippen molar-refractivity contribution in [3.63, 3.8) is 0 Å². The van der Waals surface area contributed by atoms with Gasteiger partial charge in [0.15, 0.2) is 0 Å². The summed E-state index contributed by atoms with van der Waals surface area (Å²) < 4.78 is 0. The van der Waals surface area contributed by atoms with Crippen molar-refractivity contribution in [1.29, 1.82) is 0 Å². The first-order valence-electron chi connectivity index (χ1n) is 9.09. The monoisotopic (exact) mass is 294 g/mol. The van der Waals surface area contributed by atoms with Gasteiger partial charge in [-0.2, -0.15) is 0 Å². The van der Waals surface area contributed by atoms with Crippen LogP contribution >= 0.6 is 0 Å². The lowest BCUT2D eigenvalue weighted by Gasteiger charge is -2.34. The third kappa shape index (κ3) is 5.98. The Labute approximate surface area is 130 Å². The van der Waals surface area contributed by atoms with Crippen LogP contribution in [0.5, 0.6) is 0 Å². The summed E-state index contributed by atoms with van der Waals surface area (Å²) in [5.74, 6) is 1.76. The molecule has 2 atom stereocenters. The summed E-state index contributed by atoms with van der Waals surface area (Å²) in [4.78, 5) is 14.5. The number of hydrogen-bond donors (Lipinski definition) is 1. The lowest BCUT2D eigenvalue weighted by atomic mass is 9.83. The van der Waals surface area contributed by atoms with E-state index < -0.39 is 0 Å². The van der Waals surface area contributed by atoms with Crippen LogP contribution < -0.4 is 5.32 Å². The van der Waals surface area contributed by atoms with Gasteiger partial charge in [-0.15, -0.1) is 0 Å². The molecule has 2 fully saturated rings. The quantitative estimate of drug-likeness (QED) is 0.812. The summed E-state index contributed by atoms with van der Waals surface area (Å²) in [5, 5.41) is 3.35. The van der Waals surface area contributed by atoms with Gasteiger partial charge in [-0.1, -0.05) is 44.9 Å². The highest BCUT2D eigenvalue weighted by Crippen LogP contribution is 2.28. The molecule has 21 heavy (non-hydrogen) atoms. The molecule has 0 aliphatic heterocycles. The normalized spacial score (nSPS) is 27.8. The van der Waals surface area contributed by atoms with Crippen molar-refractivity contribution in [2.45, 2.75) is 76.7 Å². The highest BCUT2D eigenvalue weighted by molar-refractivity contribution is 5.76. The Kier molecular flexibility index (Phi) is 7.01. The zero-order chi connectivity index (χ0) is 15.1. The van der Waals surface area contributed by atoms with Crippen molar-refractivity contribution in [3.8, 4) is 0 Å². The third-order valence-electron chi connectivity index (χ3n) is 5.36. The van der Waals surface area contributed by atoms with Gasteiger partial charge >= 0.3 is 0 Å². The van der Waals surface area contributed by atoms with E-state index >= 15 is 0 Å². The lowest BCUT2D eigenvalue weighted by Crippen LogP contribution is -2.45. The molecule has 2 aliphatic rings. The Bertz CT molecular complexity index is 310. The molecule has 0 spiro atoms. The number of nitrogens with one attached hydrogen (secondary N) is 1. The fraction of sp³-hybridized carbons (Fsp3) is 0.944. The Morgan fingerprint density at radius 3 is 2.38 bits per heavy atom. The molecule has 3 heteroatoms. The molecule has 122 valence electrons. The van der Waals surface area contributed by atoms with E-state index in [1.807, 2.05) is 0 Å². The van der Waals surface area contributed by atoms with Crippen LogP contribution in [0.15, 0.2) is 0 Å². The van der Waals surface area contributed by atoms with Crippen LogP contribution in [0.2, 0.25) is 0 Å². The molecule has 3 nitrogen and oxygen atoms in total. The topological polar surface area (TPSA) is 32.3 Å². The van der Waals surface area contributed by atoms with E-state index in [4.69, 9.17) is 0 Å². The van der Waals surface area contributed by atoms with Crippen LogP contribution in [0.4, 0.5) is 0 Å². The van der Waals surface area contributed by atoms with E-state index in [0.29, 0.717) is 17.9 Å². The summed E-state index contributed by atoms with van der Waals surface area (Å²) in [6.45, 7) is 1.10. The number of amides is 1. The van der Waals surface area contributed by atoms with Crippen molar-refractivity contribution in [3.05, 3.63) is 0 Å². The van der Waals surface area contributed by atoms with Gasteiger partial charge in [0.2, 0.25) is 5.91 Å². The fourth-order valence-corrected chi connectivity index (χ4v) is 4.18. The van der Waals surface area contributed by atoms with Crippen molar-refractivity contribution in [2.24, 2.45) is 11.8 Å². The molecule has 2 aliphatic carbocycles. The van der Waals surface area contributed by atoms with Crippen LogP contribution in [-0.4, -0.2) is 37.5 Å². The largest absolute Gasteiger partial charge is 0.353 e. The van der Waals surface area contributed by atoms with Gasteiger partial charge in [0.25, 0.3) is 0 Å². The second kappa shape index (κ2) is 8.77. The predicted octanol–water partition coefficient (Wildman–Crippen LogP) is 3.58. The molecule has 0 saturated heterocycles. The summed E-state index contributed by atoms with van der Waals surface area (Å²) in [6.07, 6.45) is 13.7. The number of carbonyl (C=O) groups excluding carboxylic acids is 1. The van der Waals surface area contributed by atoms with Crippen molar-refractivity contribution in [2.75, 3.05) is 20.6 Å². The Morgan fingerprint density at radius 1 is 1.00 bits per heavy atom. The van der Waals surface area contributed by atoms with Gasteiger partial charge in [-0.25, -0.2) is 0 Å². The highest BCUT2D eigenvalue weighted by atomic mass is 16.1. The molecule has 0 heterocycles. The molecule has 0 aromatic carbocycles. The summed E-state index contributed by atoms with van der Waals surface area (Å²) in [6, 6.07) is 0.417. The maximum absolute atomic E-state index is 12.3. The summed E-state index contributed by atoms with van der Waals surface area (Å²) in [5.41, 5.74) is 0. The third-order valence-corrected chi connectivity index (χ3v) is 5.36. The SMILES string of the molecule is CN(C)CC1CCCCC1NC(=O)CCC1CCCCC1. The molecular formula is C18H34N2O. The molecule has 2 unspecified atom stereocenters. The van der Waals surface area contributed by atoms with Crippen molar-refractivity contribution < 1.29 is 4.79 Å². The van der Waals surface area contributed by atoms with Crippen LogP contribution in [0.3, 0.4) is 0 Å².